The van der Waals surface area contributed by atoms with Gasteiger partial charge in [-0.1, -0.05) is 79.8 Å². The van der Waals surface area contributed by atoms with E-state index in [0.29, 0.717) is 26.1 Å². The maximum atomic E-state index is 15.0. The van der Waals surface area contributed by atoms with Crippen LogP contribution in [0.5, 0.6) is 0 Å². The molecule has 3 amide bonds. The van der Waals surface area contributed by atoms with Crippen molar-refractivity contribution >= 4 is 35.2 Å². The van der Waals surface area contributed by atoms with Crippen LogP contribution in [-0.4, -0.2) is 80.4 Å². The number of fused-ring (bicyclic) bond motifs is 2. The fourth-order valence-corrected chi connectivity index (χ4v) is 10.1. The number of anilines is 1. The minimum absolute atomic E-state index is 0.0296. The molecule has 0 aromatic heterocycles. The molecule has 2 aromatic rings. The molecule has 4 aliphatic rings. The summed E-state index contributed by atoms with van der Waals surface area (Å²) in [4.78, 5) is 49.5. The summed E-state index contributed by atoms with van der Waals surface area (Å²) < 4.78 is -1.62. The fourth-order valence-electron chi connectivity index (χ4n) is 7.94. The van der Waals surface area contributed by atoms with E-state index in [-0.39, 0.29) is 24.3 Å². The third kappa shape index (κ3) is 4.65. The molecule has 226 valence electrons. The summed E-state index contributed by atoms with van der Waals surface area (Å²) in [5, 5.41) is 10.8. The van der Waals surface area contributed by atoms with Crippen molar-refractivity contribution in [3.63, 3.8) is 0 Å². The van der Waals surface area contributed by atoms with E-state index in [9.17, 15) is 14.7 Å². The van der Waals surface area contributed by atoms with E-state index in [4.69, 9.17) is 0 Å². The van der Waals surface area contributed by atoms with Gasteiger partial charge in [0.05, 0.1) is 29.2 Å². The van der Waals surface area contributed by atoms with Gasteiger partial charge in [-0.25, -0.2) is 0 Å². The summed E-state index contributed by atoms with van der Waals surface area (Å²) in [6, 6.07) is 14.3. The first-order valence-corrected chi connectivity index (χ1v) is 16.2. The van der Waals surface area contributed by atoms with Crippen molar-refractivity contribution in [3.05, 3.63) is 89.5 Å². The third-order valence-corrected chi connectivity index (χ3v) is 11.5. The number of para-hydroxylation sites is 1. The topological polar surface area (TPSA) is 81.2 Å². The monoisotopic (exact) mass is 599 g/mol. The lowest BCUT2D eigenvalue weighted by atomic mass is 9.74. The number of hydrogen-bond acceptors (Lipinski definition) is 5. The Balaban J connectivity index is 1.52. The molecule has 0 aliphatic carbocycles. The number of hydrogen-bond donors (Lipinski definition) is 1. The first-order chi connectivity index (χ1) is 20.7. The number of rotatable bonds is 7. The molecule has 0 radical (unpaired) electrons. The lowest BCUT2D eigenvalue weighted by molar-refractivity contribution is -0.145. The van der Waals surface area contributed by atoms with Gasteiger partial charge in [0.15, 0.2) is 0 Å². The molecule has 1 unspecified atom stereocenters. The second-order valence-corrected chi connectivity index (χ2v) is 14.3. The highest BCUT2D eigenvalue weighted by atomic mass is 32.2. The summed E-state index contributed by atoms with van der Waals surface area (Å²) in [5.74, 6) is -1.77. The Morgan fingerprint density at radius 1 is 0.907 bits per heavy atom. The summed E-state index contributed by atoms with van der Waals surface area (Å²) in [6.07, 6.45) is 9.44. The molecule has 0 bridgehead atoms. The Bertz CT molecular complexity index is 1470. The van der Waals surface area contributed by atoms with Crippen LogP contribution in [0.15, 0.2) is 72.8 Å². The molecule has 7 nitrogen and oxygen atoms in total. The van der Waals surface area contributed by atoms with E-state index < -0.39 is 33.4 Å². The Hall–Kier alpha value is -3.36. The lowest BCUT2D eigenvalue weighted by Gasteiger charge is -2.40. The second kappa shape index (κ2) is 11.3. The molecule has 6 atom stereocenters. The van der Waals surface area contributed by atoms with Gasteiger partial charge in [0.25, 0.3) is 5.91 Å². The molecule has 4 heterocycles. The molecule has 0 saturated carbocycles. The molecular weight excluding hydrogens is 558 g/mol. The van der Waals surface area contributed by atoms with E-state index in [2.05, 4.69) is 19.1 Å². The molecule has 2 fully saturated rings. The van der Waals surface area contributed by atoms with Gasteiger partial charge < -0.3 is 19.8 Å². The lowest BCUT2D eigenvalue weighted by Crippen LogP contribution is -2.57. The third-order valence-electron chi connectivity index (χ3n) is 9.70. The first-order valence-electron chi connectivity index (χ1n) is 15.4. The first kappa shape index (κ1) is 29.7. The van der Waals surface area contributed by atoms with Crippen LogP contribution in [0.2, 0.25) is 0 Å². The number of aliphatic hydroxyl groups is 1. The highest BCUT2D eigenvalue weighted by Crippen LogP contribution is 2.66. The minimum atomic E-state index is -0.960. The average Bonchev–Trinajstić information content (AvgIpc) is 3.26. The zero-order valence-corrected chi connectivity index (χ0v) is 26.2. The van der Waals surface area contributed by atoms with Gasteiger partial charge in [-0.3, -0.25) is 14.4 Å². The van der Waals surface area contributed by atoms with Crippen LogP contribution in [0.1, 0.15) is 37.0 Å². The smallest absolute Gasteiger partial charge is 0.251 e. The highest BCUT2D eigenvalue weighted by Gasteiger charge is 2.74. The van der Waals surface area contributed by atoms with Crippen molar-refractivity contribution in [3.8, 4) is 0 Å². The van der Waals surface area contributed by atoms with Crippen LogP contribution in [-0.2, 0) is 20.8 Å². The fraction of sp³-hybridized carbons (Fsp3) is 0.457. The normalized spacial score (nSPS) is 30.7. The van der Waals surface area contributed by atoms with Crippen molar-refractivity contribution in [2.75, 3.05) is 31.1 Å². The van der Waals surface area contributed by atoms with E-state index in [0.717, 1.165) is 28.8 Å². The number of carbonyl (C=O) groups is 3. The zero-order valence-electron chi connectivity index (χ0n) is 25.4. The number of thioether (sulfide) groups is 1. The molecule has 6 rings (SSSR count). The summed E-state index contributed by atoms with van der Waals surface area (Å²) in [6.45, 7) is 9.31. The minimum Gasteiger partial charge on any atom is -0.394 e. The van der Waals surface area contributed by atoms with Gasteiger partial charge in [-0.2, -0.15) is 0 Å². The summed E-state index contributed by atoms with van der Waals surface area (Å²) in [7, 11) is 0. The molecule has 43 heavy (non-hydrogen) atoms. The predicted octanol–water partition coefficient (Wildman–Crippen LogP) is 4.31. The number of aryl methyl sites for hydroxylation is 2. The molecule has 8 heteroatoms. The number of amides is 3. The van der Waals surface area contributed by atoms with Gasteiger partial charge in [0.2, 0.25) is 11.8 Å². The average molecular weight is 600 g/mol. The number of aliphatic hydroxyl groups excluding tert-OH is 1. The van der Waals surface area contributed by atoms with Gasteiger partial charge in [0.1, 0.15) is 6.04 Å². The van der Waals surface area contributed by atoms with Crippen molar-refractivity contribution in [1.82, 2.24) is 9.80 Å². The molecular formula is C35H41N3O4S. The van der Waals surface area contributed by atoms with E-state index in [1.165, 1.54) is 0 Å². The van der Waals surface area contributed by atoms with E-state index in [1.54, 1.807) is 21.6 Å². The standard InChI is InChI=1S/C35H41N3O4S/c1-5-18-36-19-10-16-34(4)27(31(36)40)28-32(41)38(26(22-39)21-25-14-7-6-8-15-25)30-33(42)37(20-11-17-35(28,30)43-34)29-23(2)12-9-13-24(29)3/h6-17,26-28,30,39H,5,18-22H2,1-4H3/t26-,27-,28+,30?,34+,35+/m1/s1. The molecule has 1 N–H and O–H groups in total. The Morgan fingerprint density at radius 2 is 1.60 bits per heavy atom. The maximum absolute atomic E-state index is 15.0. The van der Waals surface area contributed by atoms with Crippen molar-refractivity contribution in [1.29, 1.82) is 0 Å². The number of carbonyl (C=O) groups excluding carboxylic acids is 3. The van der Waals surface area contributed by atoms with Crippen LogP contribution < -0.4 is 4.90 Å². The largest absolute Gasteiger partial charge is 0.394 e. The molecule has 1 spiro atoms. The molecule has 4 aliphatic heterocycles. The van der Waals surface area contributed by atoms with Gasteiger partial charge in [-0.15, -0.1) is 11.8 Å². The van der Waals surface area contributed by atoms with Crippen LogP contribution in [0.4, 0.5) is 5.69 Å². The van der Waals surface area contributed by atoms with Gasteiger partial charge >= 0.3 is 0 Å². The van der Waals surface area contributed by atoms with E-state index in [1.807, 2.05) is 86.4 Å². The Morgan fingerprint density at radius 3 is 2.28 bits per heavy atom. The number of benzene rings is 2. The Labute approximate surface area is 258 Å². The molecule has 2 aromatic carbocycles. The summed E-state index contributed by atoms with van der Waals surface area (Å²) in [5.41, 5.74) is 3.79. The zero-order chi connectivity index (χ0) is 30.5. The highest BCUT2D eigenvalue weighted by molar-refractivity contribution is 8.02. The van der Waals surface area contributed by atoms with Crippen LogP contribution >= 0.6 is 11.8 Å². The van der Waals surface area contributed by atoms with E-state index >= 15 is 4.79 Å². The van der Waals surface area contributed by atoms with Crippen LogP contribution in [0.25, 0.3) is 0 Å². The maximum Gasteiger partial charge on any atom is 0.251 e. The van der Waals surface area contributed by atoms with Crippen LogP contribution in [0, 0.1) is 25.7 Å². The number of likely N-dealkylation sites (tertiary alicyclic amines) is 1. The van der Waals surface area contributed by atoms with Gasteiger partial charge in [0, 0.05) is 30.1 Å². The molecule has 2 saturated heterocycles. The van der Waals surface area contributed by atoms with Crippen molar-refractivity contribution in [2.45, 2.75) is 62.1 Å². The predicted molar refractivity (Wildman–Crippen MR) is 171 cm³/mol. The quantitative estimate of drug-likeness (QED) is 0.480. The second-order valence-electron chi connectivity index (χ2n) is 12.5. The Kier molecular flexibility index (Phi) is 7.80. The van der Waals surface area contributed by atoms with Crippen LogP contribution in [0.3, 0.4) is 0 Å². The van der Waals surface area contributed by atoms with Crippen molar-refractivity contribution < 1.29 is 19.5 Å². The SMILES string of the molecule is CCCN1CC=C[C@]2(C)S[C@]34C=CCN(c5c(C)cccc5C)C(=O)C3N([C@@H](CO)Cc3ccccc3)C(=O)[C@@H]4[C@@H]2C1=O. The summed E-state index contributed by atoms with van der Waals surface area (Å²) >= 11 is 1.59. The van der Waals surface area contributed by atoms with Crippen molar-refractivity contribution in [2.24, 2.45) is 11.8 Å². The number of nitrogens with zero attached hydrogens (tertiary/aromatic N) is 3. The van der Waals surface area contributed by atoms with Gasteiger partial charge in [-0.05, 0) is 50.3 Å².